The minimum absolute atomic E-state index is 1.13. The molecule has 0 aromatic rings. The van der Waals surface area contributed by atoms with Crippen LogP contribution in [0.3, 0.4) is 0 Å². The maximum absolute atomic E-state index is 1.55. The molecule has 1 nitrogen and oxygen atoms in total. The summed E-state index contributed by atoms with van der Waals surface area (Å²) in [7, 11) is 0. The first-order valence-corrected chi connectivity index (χ1v) is 5.71. The maximum Gasteiger partial charge on any atom is 0.0815 e. The molecule has 4 aliphatic rings. The average Bonchev–Trinajstić information content (AvgIpc) is 2.91. The standard InChI is InChI=1S/C11H20N/c1-2-11(1)9-12-6-3-10(4-7-12)5-8-12/h10-11H,1-9H2/q+1. The van der Waals surface area contributed by atoms with Crippen LogP contribution in [0.5, 0.6) is 0 Å². The first kappa shape index (κ1) is 7.37. The Bertz CT molecular complexity index is 162. The molecular formula is C11H20N+. The molecule has 4 rings (SSSR count). The van der Waals surface area contributed by atoms with Gasteiger partial charge in [-0.15, -0.1) is 0 Å². The molecule has 1 aliphatic carbocycles. The molecule has 3 aliphatic heterocycles. The van der Waals surface area contributed by atoms with Gasteiger partial charge in [0.25, 0.3) is 0 Å². The van der Waals surface area contributed by atoms with E-state index in [4.69, 9.17) is 0 Å². The normalized spacial score (nSPS) is 46.5. The molecule has 0 aromatic carbocycles. The van der Waals surface area contributed by atoms with Crippen molar-refractivity contribution >= 4 is 0 Å². The van der Waals surface area contributed by atoms with Crippen molar-refractivity contribution in [3.05, 3.63) is 0 Å². The van der Waals surface area contributed by atoms with E-state index in [0.717, 1.165) is 11.8 Å². The summed E-state index contributed by atoms with van der Waals surface area (Å²) in [6.07, 6.45) is 7.74. The van der Waals surface area contributed by atoms with E-state index in [1.54, 1.807) is 38.6 Å². The second kappa shape index (κ2) is 2.47. The first-order chi connectivity index (χ1) is 5.86. The van der Waals surface area contributed by atoms with Gasteiger partial charge in [0.05, 0.1) is 26.2 Å². The van der Waals surface area contributed by atoms with Crippen LogP contribution in [-0.4, -0.2) is 30.7 Å². The molecule has 68 valence electrons. The molecule has 0 spiro atoms. The Morgan fingerprint density at radius 2 is 1.42 bits per heavy atom. The molecule has 2 bridgehead atoms. The molecular weight excluding hydrogens is 146 g/mol. The Hall–Kier alpha value is -0.0400. The molecule has 4 fully saturated rings. The van der Waals surface area contributed by atoms with Crippen LogP contribution < -0.4 is 0 Å². The van der Waals surface area contributed by atoms with E-state index in [9.17, 15) is 0 Å². The number of fused-ring (bicyclic) bond motifs is 3. The number of quaternary nitrogens is 1. The molecule has 0 N–H and O–H groups in total. The van der Waals surface area contributed by atoms with Crippen LogP contribution in [0.15, 0.2) is 0 Å². The number of hydrogen-bond acceptors (Lipinski definition) is 0. The lowest BCUT2D eigenvalue weighted by Crippen LogP contribution is -2.58. The molecule has 1 saturated carbocycles. The number of rotatable bonds is 2. The smallest absolute Gasteiger partial charge is 0.0815 e. The minimum Gasteiger partial charge on any atom is -0.323 e. The molecule has 0 aromatic heterocycles. The van der Waals surface area contributed by atoms with Gasteiger partial charge in [0, 0.05) is 5.92 Å². The second-order valence-electron chi connectivity index (χ2n) is 5.37. The zero-order valence-corrected chi connectivity index (χ0v) is 7.97. The fourth-order valence-corrected chi connectivity index (χ4v) is 3.26. The Labute approximate surface area is 75.3 Å². The van der Waals surface area contributed by atoms with Crippen LogP contribution >= 0.6 is 0 Å². The zero-order valence-electron chi connectivity index (χ0n) is 7.97. The molecule has 0 amide bonds. The number of piperidine rings is 3. The van der Waals surface area contributed by atoms with Gasteiger partial charge in [-0.1, -0.05) is 0 Å². The quantitative estimate of drug-likeness (QED) is 0.551. The van der Waals surface area contributed by atoms with Crippen LogP contribution in [0, 0.1) is 11.8 Å². The molecule has 12 heavy (non-hydrogen) atoms. The Morgan fingerprint density at radius 3 is 1.92 bits per heavy atom. The monoisotopic (exact) mass is 166 g/mol. The van der Waals surface area contributed by atoms with Gasteiger partial charge in [0.1, 0.15) is 0 Å². The first-order valence-electron chi connectivity index (χ1n) is 5.71. The van der Waals surface area contributed by atoms with Crippen LogP contribution in [0.2, 0.25) is 0 Å². The largest absolute Gasteiger partial charge is 0.323 e. The van der Waals surface area contributed by atoms with Crippen molar-refractivity contribution < 1.29 is 4.48 Å². The predicted molar refractivity (Wildman–Crippen MR) is 49.8 cm³/mol. The van der Waals surface area contributed by atoms with Gasteiger partial charge in [0.2, 0.25) is 0 Å². The van der Waals surface area contributed by atoms with E-state index < -0.39 is 0 Å². The van der Waals surface area contributed by atoms with Crippen molar-refractivity contribution in [1.82, 2.24) is 0 Å². The third-order valence-corrected chi connectivity index (χ3v) is 4.38. The Kier molecular flexibility index (Phi) is 1.52. The van der Waals surface area contributed by atoms with Gasteiger partial charge in [-0.05, 0) is 38.0 Å². The Morgan fingerprint density at radius 1 is 0.833 bits per heavy atom. The molecule has 3 heterocycles. The highest BCUT2D eigenvalue weighted by Crippen LogP contribution is 2.39. The van der Waals surface area contributed by atoms with E-state index in [0.29, 0.717) is 0 Å². The summed E-state index contributed by atoms with van der Waals surface area (Å²) in [5, 5.41) is 0. The molecule has 0 atom stereocenters. The van der Waals surface area contributed by atoms with Crippen LogP contribution in [0.4, 0.5) is 0 Å². The lowest BCUT2D eigenvalue weighted by atomic mass is 9.85. The number of nitrogens with zero attached hydrogens (tertiary/aromatic N) is 1. The van der Waals surface area contributed by atoms with E-state index in [1.165, 1.54) is 24.1 Å². The predicted octanol–water partition coefficient (Wildman–Crippen LogP) is 2.03. The summed E-state index contributed by atoms with van der Waals surface area (Å²) in [5.74, 6) is 2.27. The highest BCUT2D eigenvalue weighted by atomic mass is 15.4. The van der Waals surface area contributed by atoms with E-state index in [1.807, 2.05) is 0 Å². The minimum atomic E-state index is 1.13. The lowest BCUT2D eigenvalue weighted by molar-refractivity contribution is -0.944. The fraction of sp³-hybridized carbons (Fsp3) is 1.00. The molecule has 1 heteroatoms. The van der Waals surface area contributed by atoms with Crippen molar-refractivity contribution in [3.8, 4) is 0 Å². The molecule has 3 saturated heterocycles. The summed E-state index contributed by atoms with van der Waals surface area (Å²) in [6, 6.07) is 0. The second-order valence-corrected chi connectivity index (χ2v) is 5.37. The van der Waals surface area contributed by atoms with Crippen molar-refractivity contribution in [3.63, 3.8) is 0 Å². The van der Waals surface area contributed by atoms with Gasteiger partial charge in [-0.3, -0.25) is 0 Å². The molecule has 0 unspecified atom stereocenters. The van der Waals surface area contributed by atoms with E-state index in [-0.39, 0.29) is 0 Å². The summed E-state index contributed by atoms with van der Waals surface area (Å²) in [4.78, 5) is 0. The van der Waals surface area contributed by atoms with E-state index >= 15 is 0 Å². The summed E-state index contributed by atoms with van der Waals surface area (Å²) in [6.45, 7) is 6.14. The highest BCUT2D eigenvalue weighted by Gasteiger charge is 2.42. The van der Waals surface area contributed by atoms with Gasteiger partial charge in [-0.25, -0.2) is 0 Å². The van der Waals surface area contributed by atoms with Crippen molar-refractivity contribution in [2.24, 2.45) is 11.8 Å². The average molecular weight is 166 g/mol. The van der Waals surface area contributed by atoms with Gasteiger partial charge < -0.3 is 4.48 Å². The summed E-state index contributed by atoms with van der Waals surface area (Å²) < 4.78 is 1.53. The summed E-state index contributed by atoms with van der Waals surface area (Å²) >= 11 is 0. The van der Waals surface area contributed by atoms with Crippen LogP contribution in [-0.2, 0) is 0 Å². The zero-order chi connectivity index (χ0) is 8.02. The lowest BCUT2D eigenvalue weighted by Gasteiger charge is -2.49. The van der Waals surface area contributed by atoms with E-state index in [2.05, 4.69) is 0 Å². The SMILES string of the molecule is C1C[N+]2(CC3CC3)CCC1CC2. The highest BCUT2D eigenvalue weighted by molar-refractivity contribution is 4.77. The van der Waals surface area contributed by atoms with Crippen molar-refractivity contribution in [1.29, 1.82) is 0 Å². The Balaban J connectivity index is 1.70. The van der Waals surface area contributed by atoms with Crippen LogP contribution in [0.1, 0.15) is 32.1 Å². The third kappa shape index (κ3) is 1.19. The van der Waals surface area contributed by atoms with Gasteiger partial charge >= 0.3 is 0 Å². The fourth-order valence-electron chi connectivity index (χ4n) is 3.26. The maximum atomic E-state index is 1.55. The van der Waals surface area contributed by atoms with Gasteiger partial charge in [-0.2, -0.15) is 0 Å². The van der Waals surface area contributed by atoms with Crippen LogP contribution in [0.25, 0.3) is 0 Å². The summed E-state index contributed by atoms with van der Waals surface area (Å²) in [5.41, 5.74) is 0. The van der Waals surface area contributed by atoms with Crippen molar-refractivity contribution in [2.75, 3.05) is 26.2 Å². The third-order valence-electron chi connectivity index (χ3n) is 4.38. The molecule has 0 radical (unpaired) electrons. The van der Waals surface area contributed by atoms with Gasteiger partial charge in [0.15, 0.2) is 0 Å². The number of hydrogen-bond donors (Lipinski definition) is 0. The van der Waals surface area contributed by atoms with Crippen molar-refractivity contribution in [2.45, 2.75) is 32.1 Å². The topological polar surface area (TPSA) is 0 Å².